The van der Waals surface area contributed by atoms with Crippen LogP contribution in [0.5, 0.6) is 0 Å². The maximum absolute atomic E-state index is 14.1. The first-order chi connectivity index (χ1) is 9.64. The molecule has 2 aromatic carbocycles. The molecule has 0 atom stereocenters. The van der Waals surface area contributed by atoms with Crippen LogP contribution in [0.1, 0.15) is 16.7 Å². The normalized spacial score (nSPS) is 12.5. The third-order valence-electron chi connectivity index (χ3n) is 3.41. The average Bonchev–Trinajstić information content (AvgIpc) is 2.41. The summed E-state index contributed by atoms with van der Waals surface area (Å²) in [4.78, 5) is -4.31. The summed E-state index contributed by atoms with van der Waals surface area (Å²) in [5, 5.41) is 0. The molecule has 0 aliphatic heterocycles. The van der Waals surface area contributed by atoms with E-state index in [0.29, 0.717) is 11.1 Å². The lowest BCUT2D eigenvalue weighted by Crippen LogP contribution is -2.32. The molecule has 0 amide bonds. The first-order valence-corrected chi connectivity index (χ1v) is 7.05. The van der Waals surface area contributed by atoms with E-state index in [1.54, 1.807) is 60.1 Å². The predicted molar refractivity (Wildman–Crippen MR) is 79.1 cm³/mol. The van der Waals surface area contributed by atoms with E-state index in [9.17, 15) is 17.6 Å². The molecule has 0 N–H and O–H groups in total. The van der Waals surface area contributed by atoms with Crippen molar-refractivity contribution in [3.63, 3.8) is 0 Å². The molecule has 0 aliphatic rings. The third kappa shape index (κ3) is 2.98. The van der Waals surface area contributed by atoms with Crippen molar-refractivity contribution < 1.29 is 17.6 Å². The summed E-state index contributed by atoms with van der Waals surface area (Å²) < 4.78 is 54.8. The minimum atomic E-state index is -4.31. The van der Waals surface area contributed by atoms with Crippen molar-refractivity contribution >= 4 is 15.9 Å². The Labute approximate surface area is 128 Å². The van der Waals surface area contributed by atoms with E-state index >= 15 is 0 Å². The molecule has 0 unspecified atom stereocenters. The Morgan fingerprint density at radius 1 is 0.857 bits per heavy atom. The first-order valence-electron chi connectivity index (χ1n) is 6.26. The summed E-state index contributed by atoms with van der Waals surface area (Å²) in [5.41, 5.74) is 1.22. The van der Waals surface area contributed by atoms with Crippen LogP contribution < -0.4 is 0 Å². The largest absolute Gasteiger partial charge is 0.367 e. The van der Waals surface area contributed by atoms with Crippen molar-refractivity contribution in [2.75, 3.05) is 0 Å². The van der Waals surface area contributed by atoms with Crippen LogP contribution in [0.25, 0.3) is 11.1 Å². The number of hydrogen-bond acceptors (Lipinski definition) is 0. The maximum Gasteiger partial charge on any atom is 0.367 e. The van der Waals surface area contributed by atoms with E-state index < -0.39 is 16.3 Å². The minimum absolute atomic E-state index is 0.114. The van der Waals surface area contributed by atoms with Crippen LogP contribution in [-0.2, 0) is 5.92 Å². The molecular formula is C16H13BrF4. The summed E-state index contributed by atoms with van der Waals surface area (Å²) in [5.74, 6) is -4.31. The van der Waals surface area contributed by atoms with Crippen molar-refractivity contribution in [1.82, 2.24) is 0 Å². The molecule has 2 aromatic rings. The van der Waals surface area contributed by atoms with Gasteiger partial charge in [0.05, 0.1) is 0 Å². The fraction of sp³-hybridized carbons (Fsp3) is 0.250. The number of rotatable bonds is 3. The smallest absolute Gasteiger partial charge is 0.193 e. The van der Waals surface area contributed by atoms with E-state index in [0.717, 1.165) is 11.6 Å². The molecule has 5 heteroatoms. The highest BCUT2D eigenvalue weighted by atomic mass is 79.9. The number of alkyl halides is 5. The molecule has 0 fully saturated rings. The van der Waals surface area contributed by atoms with Gasteiger partial charge in [-0.15, -0.1) is 0 Å². The summed E-state index contributed by atoms with van der Waals surface area (Å²) in [6.45, 7) is 3.38. The highest BCUT2D eigenvalue weighted by molar-refractivity contribution is 9.10. The van der Waals surface area contributed by atoms with Gasteiger partial charge in [-0.25, -0.2) is 0 Å². The SMILES string of the molecule is Cc1cc(-c2ccccc2)c(C(F)(F)C(F)(F)Br)cc1C. The number of halogens is 5. The molecule has 0 saturated carbocycles. The molecule has 0 saturated heterocycles. The van der Waals surface area contributed by atoms with Crippen LogP contribution in [0, 0.1) is 13.8 Å². The molecule has 112 valence electrons. The summed E-state index contributed by atoms with van der Waals surface area (Å²) in [6.07, 6.45) is 0. The van der Waals surface area contributed by atoms with Crippen molar-refractivity contribution in [2.24, 2.45) is 0 Å². The fourth-order valence-electron chi connectivity index (χ4n) is 2.09. The van der Waals surface area contributed by atoms with Crippen LogP contribution in [0.2, 0.25) is 0 Å². The van der Waals surface area contributed by atoms with Gasteiger partial charge in [0, 0.05) is 5.56 Å². The lowest BCUT2D eigenvalue weighted by molar-refractivity contribution is -0.153. The van der Waals surface area contributed by atoms with Crippen molar-refractivity contribution in [3.8, 4) is 11.1 Å². The zero-order valence-electron chi connectivity index (χ0n) is 11.4. The van der Waals surface area contributed by atoms with Crippen LogP contribution in [-0.4, -0.2) is 4.83 Å². The van der Waals surface area contributed by atoms with Gasteiger partial charge >= 0.3 is 10.8 Å². The number of aryl methyl sites for hydroxylation is 2. The predicted octanol–water partition coefficient (Wildman–Crippen LogP) is 6.05. The molecule has 0 bridgehead atoms. The lowest BCUT2D eigenvalue weighted by atomic mass is 9.91. The van der Waals surface area contributed by atoms with Crippen molar-refractivity contribution in [2.45, 2.75) is 24.6 Å². The molecule has 0 nitrogen and oxygen atoms in total. The van der Waals surface area contributed by atoms with E-state index in [4.69, 9.17) is 0 Å². The summed E-state index contributed by atoms with van der Waals surface area (Å²) >= 11 is 1.80. The lowest BCUT2D eigenvalue weighted by Gasteiger charge is -2.25. The van der Waals surface area contributed by atoms with Crippen LogP contribution in [0.15, 0.2) is 42.5 Å². The highest BCUT2D eigenvalue weighted by Crippen LogP contribution is 2.50. The van der Waals surface area contributed by atoms with Crippen LogP contribution >= 0.6 is 15.9 Å². The molecule has 0 heterocycles. The monoisotopic (exact) mass is 360 g/mol. The van der Waals surface area contributed by atoms with E-state index in [1.807, 2.05) is 0 Å². The van der Waals surface area contributed by atoms with Gasteiger partial charge in [-0.3, -0.25) is 0 Å². The van der Waals surface area contributed by atoms with Gasteiger partial charge in [-0.05, 0) is 58.1 Å². The first kappa shape index (κ1) is 16.0. The Morgan fingerprint density at radius 2 is 1.38 bits per heavy atom. The van der Waals surface area contributed by atoms with Gasteiger partial charge in [0.2, 0.25) is 0 Å². The van der Waals surface area contributed by atoms with E-state index in [-0.39, 0.29) is 5.56 Å². The second-order valence-electron chi connectivity index (χ2n) is 4.92. The average molecular weight is 361 g/mol. The third-order valence-corrected chi connectivity index (χ3v) is 3.91. The fourth-order valence-corrected chi connectivity index (χ4v) is 2.30. The van der Waals surface area contributed by atoms with Gasteiger partial charge < -0.3 is 0 Å². The van der Waals surface area contributed by atoms with E-state index in [1.165, 1.54) is 6.07 Å². The molecular weight excluding hydrogens is 348 g/mol. The van der Waals surface area contributed by atoms with Gasteiger partial charge in [0.1, 0.15) is 0 Å². The summed E-state index contributed by atoms with van der Waals surface area (Å²) in [6, 6.07) is 11.0. The van der Waals surface area contributed by atoms with Gasteiger partial charge in [0.25, 0.3) is 0 Å². The molecule has 0 spiro atoms. The Kier molecular flexibility index (Phi) is 4.15. The zero-order chi connectivity index (χ0) is 15.8. The summed E-state index contributed by atoms with van der Waals surface area (Å²) in [7, 11) is 0. The molecule has 21 heavy (non-hydrogen) atoms. The van der Waals surface area contributed by atoms with E-state index in [2.05, 4.69) is 0 Å². The zero-order valence-corrected chi connectivity index (χ0v) is 13.0. The molecule has 0 aliphatic carbocycles. The Hall–Kier alpha value is -1.36. The van der Waals surface area contributed by atoms with Crippen LogP contribution in [0.4, 0.5) is 17.6 Å². The molecule has 0 radical (unpaired) electrons. The van der Waals surface area contributed by atoms with Gasteiger partial charge in [-0.2, -0.15) is 17.6 Å². The maximum atomic E-state index is 14.1. The Balaban J connectivity index is 2.74. The minimum Gasteiger partial charge on any atom is -0.193 e. The number of hydrogen-bond donors (Lipinski definition) is 0. The Morgan fingerprint density at radius 3 is 1.90 bits per heavy atom. The number of benzene rings is 2. The standard InChI is InChI=1S/C16H13BrF4/c1-10-8-13(12-6-4-3-5-7-12)14(9-11(10)2)15(18,19)16(17,20)21/h3-9H,1-2H3. The quantitative estimate of drug-likeness (QED) is 0.461. The van der Waals surface area contributed by atoms with Gasteiger partial charge in [-0.1, -0.05) is 36.4 Å². The molecule has 2 rings (SSSR count). The van der Waals surface area contributed by atoms with Gasteiger partial charge in [0.15, 0.2) is 0 Å². The second kappa shape index (κ2) is 5.44. The highest BCUT2D eigenvalue weighted by Gasteiger charge is 2.56. The van der Waals surface area contributed by atoms with Crippen molar-refractivity contribution in [1.29, 1.82) is 0 Å². The molecule has 0 aromatic heterocycles. The second-order valence-corrected chi connectivity index (χ2v) is 5.92. The van der Waals surface area contributed by atoms with Crippen molar-refractivity contribution in [3.05, 3.63) is 59.2 Å². The Bertz CT molecular complexity index is 645. The topological polar surface area (TPSA) is 0 Å². The van der Waals surface area contributed by atoms with Crippen LogP contribution in [0.3, 0.4) is 0 Å².